The van der Waals surface area contributed by atoms with Gasteiger partial charge in [0.2, 0.25) is 0 Å². The maximum absolute atomic E-state index is 11.8. The van der Waals surface area contributed by atoms with Crippen molar-refractivity contribution >= 4 is 29.4 Å². The van der Waals surface area contributed by atoms with Gasteiger partial charge >= 0.3 is 5.97 Å². The van der Waals surface area contributed by atoms with Crippen LogP contribution in [0.4, 0.5) is 0 Å². The number of hydrogen-bond acceptors (Lipinski definition) is 3. The van der Waals surface area contributed by atoms with Gasteiger partial charge in [-0.25, -0.2) is 4.79 Å². The third kappa shape index (κ3) is 4.86. The number of ether oxygens (including phenoxy) is 1. The van der Waals surface area contributed by atoms with E-state index in [9.17, 15) is 9.59 Å². The van der Waals surface area contributed by atoms with E-state index in [0.717, 1.165) is 11.1 Å². The van der Waals surface area contributed by atoms with Crippen LogP contribution in [0.2, 0.25) is 5.02 Å². The van der Waals surface area contributed by atoms with Gasteiger partial charge in [-0.1, -0.05) is 41.4 Å². The van der Waals surface area contributed by atoms with Gasteiger partial charge in [0.05, 0.1) is 0 Å². The quantitative estimate of drug-likeness (QED) is 0.474. The number of halogens is 1. The summed E-state index contributed by atoms with van der Waals surface area (Å²) in [5, 5.41) is 0.551. The zero-order valence-electron chi connectivity index (χ0n) is 12.1. The summed E-state index contributed by atoms with van der Waals surface area (Å²) in [6, 6.07) is 14.1. The minimum absolute atomic E-state index is 0.270. The number of carbonyl (C=O) groups excluding carboxylic acids is 2. The first kappa shape index (κ1) is 16.0. The molecule has 22 heavy (non-hydrogen) atoms. The van der Waals surface area contributed by atoms with Crippen molar-refractivity contribution in [3.8, 4) is 0 Å². The van der Waals surface area contributed by atoms with Crippen molar-refractivity contribution in [1.82, 2.24) is 0 Å². The Morgan fingerprint density at radius 2 is 1.68 bits per heavy atom. The van der Waals surface area contributed by atoms with Crippen LogP contribution in [0.25, 0.3) is 6.08 Å². The van der Waals surface area contributed by atoms with Crippen molar-refractivity contribution < 1.29 is 14.3 Å². The number of esters is 1. The second-order valence-corrected chi connectivity index (χ2v) is 5.22. The van der Waals surface area contributed by atoms with E-state index >= 15 is 0 Å². The molecule has 0 aliphatic rings. The summed E-state index contributed by atoms with van der Waals surface area (Å²) in [5.74, 6) is -0.823. The summed E-state index contributed by atoms with van der Waals surface area (Å²) in [6.07, 6.45) is 2.95. The number of benzene rings is 2. The van der Waals surface area contributed by atoms with Crippen LogP contribution in [0.5, 0.6) is 0 Å². The van der Waals surface area contributed by atoms with Crippen LogP contribution in [0.1, 0.15) is 21.5 Å². The Hall–Kier alpha value is -2.39. The van der Waals surface area contributed by atoms with E-state index < -0.39 is 5.97 Å². The molecular formula is C18H15ClO3. The Kier molecular flexibility index (Phi) is 5.50. The maximum atomic E-state index is 11.8. The molecule has 0 unspecified atom stereocenters. The maximum Gasteiger partial charge on any atom is 0.331 e. The summed E-state index contributed by atoms with van der Waals surface area (Å²) in [5.41, 5.74) is 2.50. The monoisotopic (exact) mass is 314 g/mol. The van der Waals surface area contributed by atoms with Gasteiger partial charge in [0.25, 0.3) is 0 Å². The average molecular weight is 315 g/mol. The number of hydrogen-bond donors (Lipinski definition) is 0. The molecule has 0 saturated heterocycles. The number of rotatable bonds is 5. The largest absolute Gasteiger partial charge is 0.454 e. The van der Waals surface area contributed by atoms with Crippen molar-refractivity contribution in [2.45, 2.75) is 6.92 Å². The normalized spacial score (nSPS) is 10.6. The molecule has 0 aliphatic heterocycles. The van der Waals surface area contributed by atoms with Gasteiger partial charge in [0, 0.05) is 16.7 Å². The summed E-state index contributed by atoms with van der Waals surface area (Å²) in [4.78, 5) is 23.4. The van der Waals surface area contributed by atoms with E-state index in [1.54, 1.807) is 30.3 Å². The summed E-state index contributed by atoms with van der Waals surface area (Å²) in [6.45, 7) is 1.70. The van der Waals surface area contributed by atoms with Gasteiger partial charge < -0.3 is 4.74 Å². The highest BCUT2D eigenvalue weighted by Crippen LogP contribution is 2.10. The van der Waals surface area contributed by atoms with Crippen LogP contribution in [-0.4, -0.2) is 18.4 Å². The fourth-order valence-electron chi connectivity index (χ4n) is 1.75. The molecule has 4 heteroatoms. The van der Waals surface area contributed by atoms with Crippen molar-refractivity contribution in [2.24, 2.45) is 0 Å². The smallest absolute Gasteiger partial charge is 0.331 e. The van der Waals surface area contributed by atoms with Crippen LogP contribution in [-0.2, 0) is 9.53 Å². The van der Waals surface area contributed by atoms with Gasteiger partial charge in [-0.3, -0.25) is 4.79 Å². The lowest BCUT2D eigenvalue weighted by atomic mass is 10.1. The molecule has 0 fully saturated rings. The predicted molar refractivity (Wildman–Crippen MR) is 87.0 cm³/mol. The molecule has 0 saturated carbocycles. The van der Waals surface area contributed by atoms with E-state index in [-0.39, 0.29) is 12.4 Å². The SMILES string of the molecule is Cc1ccc(/C=C/C(=O)OCC(=O)c2ccc(Cl)cc2)cc1. The summed E-state index contributed by atoms with van der Waals surface area (Å²) in [7, 11) is 0. The van der Waals surface area contributed by atoms with E-state index in [0.29, 0.717) is 10.6 Å². The number of Topliss-reactive ketones (excluding diaryl/α,β-unsaturated/α-hetero) is 1. The number of aryl methyl sites for hydroxylation is 1. The van der Waals surface area contributed by atoms with Crippen molar-refractivity contribution in [1.29, 1.82) is 0 Å². The molecule has 0 atom stereocenters. The predicted octanol–water partition coefficient (Wildman–Crippen LogP) is 4.09. The van der Waals surface area contributed by atoms with E-state index in [4.69, 9.17) is 16.3 Å². The first-order valence-corrected chi connectivity index (χ1v) is 7.12. The second kappa shape index (κ2) is 7.57. The Morgan fingerprint density at radius 3 is 2.32 bits per heavy atom. The summed E-state index contributed by atoms with van der Waals surface area (Å²) < 4.78 is 4.93. The van der Waals surface area contributed by atoms with Crippen LogP contribution in [0.3, 0.4) is 0 Å². The molecule has 2 aromatic carbocycles. The molecule has 0 spiro atoms. The molecule has 0 aromatic heterocycles. The number of carbonyl (C=O) groups is 2. The molecule has 2 aromatic rings. The molecule has 3 nitrogen and oxygen atoms in total. The zero-order valence-corrected chi connectivity index (χ0v) is 12.8. The Morgan fingerprint density at radius 1 is 1.05 bits per heavy atom. The highest BCUT2D eigenvalue weighted by Gasteiger charge is 2.08. The molecule has 0 N–H and O–H groups in total. The van der Waals surface area contributed by atoms with Gasteiger partial charge in [0.1, 0.15) is 0 Å². The molecule has 0 aliphatic carbocycles. The zero-order chi connectivity index (χ0) is 15.9. The first-order valence-electron chi connectivity index (χ1n) is 6.75. The highest BCUT2D eigenvalue weighted by molar-refractivity contribution is 6.30. The molecule has 0 radical (unpaired) electrons. The molecule has 112 valence electrons. The fraction of sp³-hybridized carbons (Fsp3) is 0.111. The van der Waals surface area contributed by atoms with Crippen molar-refractivity contribution in [3.05, 3.63) is 76.3 Å². The number of ketones is 1. The second-order valence-electron chi connectivity index (χ2n) is 4.78. The Bertz CT molecular complexity index is 685. The minimum Gasteiger partial charge on any atom is -0.454 e. The van der Waals surface area contributed by atoms with Crippen LogP contribution >= 0.6 is 11.6 Å². The lowest BCUT2D eigenvalue weighted by Gasteiger charge is -2.02. The van der Waals surface area contributed by atoms with Crippen LogP contribution < -0.4 is 0 Å². The van der Waals surface area contributed by atoms with Crippen molar-refractivity contribution in [3.63, 3.8) is 0 Å². The Labute approximate surface area is 134 Å². The van der Waals surface area contributed by atoms with E-state index in [1.807, 2.05) is 31.2 Å². The fourth-order valence-corrected chi connectivity index (χ4v) is 1.87. The van der Waals surface area contributed by atoms with Gasteiger partial charge in [-0.05, 0) is 42.8 Å². The Balaban J connectivity index is 1.86. The molecule has 0 heterocycles. The topological polar surface area (TPSA) is 43.4 Å². The van der Waals surface area contributed by atoms with E-state index in [1.165, 1.54) is 6.08 Å². The first-order chi connectivity index (χ1) is 10.5. The van der Waals surface area contributed by atoms with Crippen molar-refractivity contribution in [2.75, 3.05) is 6.61 Å². The minimum atomic E-state index is -0.553. The highest BCUT2D eigenvalue weighted by atomic mass is 35.5. The molecule has 0 amide bonds. The molecular weight excluding hydrogens is 300 g/mol. The lowest BCUT2D eigenvalue weighted by molar-refractivity contribution is -0.136. The van der Waals surface area contributed by atoms with E-state index in [2.05, 4.69) is 0 Å². The van der Waals surface area contributed by atoms with Crippen LogP contribution in [0, 0.1) is 6.92 Å². The lowest BCUT2D eigenvalue weighted by Crippen LogP contribution is -2.12. The van der Waals surface area contributed by atoms with Gasteiger partial charge in [-0.15, -0.1) is 0 Å². The van der Waals surface area contributed by atoms with Gasteiger partial charge in [-0.2, -0.15) is 0 Å². The molecule has 2 rings (SSSR count). The van der Waals surface area contributed by atoms with Gasteiger partial charge in [0.15, 0.2) is 12.4 Å². The average Bonchev–Trinajstić information content (AvgIpc) is 2.52. The standard InChI is InChI=1S/C18H15ClO3/c1-13-2-4-14(5-3-13)6-11-18(21)22-12-17(20)15-7-9-16(19)10-8-15/h2-11H,12H2,1H3/b11-6+. The third-order valence-corrected chi connectivity index (χ3v) is 3.25. The third-order valence-electron chi connectivity index (χ3n) is 3.00. The van der Waals surface area contributed by atoms with Crippen LogP contribution in [0.15, 0.2) is 54.6 Å². The molecule has 0 bridgehead atoms. The summed E-state index contributed by atoms with van der Waals surface area (Å²) >= 11 is 5.75.